The maximum absolute atomic E-state index is 14.4. The van der Waals surface area contributed by atoms with Crippen molar-refractivity contribution in [2.24, 2.45) is 5.92 Å². The van der Waals surface area contributed by atoms with Gasteiger partial charge in [-0.2, -0.15) is 0 Å². The average Bonchev–Trinajstić information content (AvgIpc) is 3.18. The Kier molecular flexibility index (Phi) is 5.90. The van der Waals surface area contributed by atoms with Crippen LogP contribution >= 0.6 is 0 Å². The molecular weight excluding hydrogens is 360 g/mol. The van der Waals surface area contributed by atoms with Crippen LogP contribution in [0.4, 0.5) is 8.78 Å². The topological polar surface area (TPSA) is 36.5 Å². The van der Waals surface area contributed by atoms with Gasteiger partial charge in [-0.3, -0.25) is 15.8 Å². The Morgan fingerprint density at radius 2 is 1.93 bits per heavy atom. The number of piperidine rings is 1. The molecule has 3 atom stereocenters. The van der Waals surface area contributed by atoms with Gasteiger partial charge in [0.15, 0.2) is 0 Å². The Morgan fingerprint density at radius 3 is 2.71 bits per heavy atom. The van der Waals surface area contributed by atoms with Crippen molar-refractivity contribution in [2.75, 3.05) is 26.7 Å². The Hall–Kier alpha value is -2.02. The molecule has 2 N–H and O–H groups in total. The van der Waals surface area contributed by atoms with Gasteiger partial charge in [0.25, 0.3) is 0 Å². The van der Waals surface area contributed by atoms with E-state index in [1.165, 1.54) is 23.8 Å². The molecule has 0 bridgehead atoms. The van der Waals surface area contributed by atoms with Crippen LogP contribution in [0.5, 0.6) is 5.75 Å². The standard InChI is InChI=1S/C22H27F2N3O/c1-28-17-7-2-5-15(11-17)13-27-10-4-6-16(14-27)22-18(12-25-26-22)21-19(23)8-3-9-20(21)24/h2-3,5,7-9,11,16,18,22,25-26H,4,6,10,12-14H2,1H3. The van der Waals surface area contributed by atoms with Gasteiger partial charge in [0.05, 0.1) is 7.11 Å². The molecule has 150 valence electrons. The van der Waals surface area contributed by atoms with Crippen molar-refractivity contribution in [3.05, 3.63) is 65.2 Å². The van der Waals surface area contributed by atoms with Gasteiger partial charge in [0, 0.05) is 37.2 Å². The number of halogens is 2. The maximum atomic E-state index is 14.4. The summed E-state index contributed by atoms with van der Waals surface area (Å²) in [6.45, 7) is 3.33. The molecule has 0 radical (unpaired) electrons. The highest BCUT2D eigenvalue weighted by Crippen LogP contribution is 2.34. The Morgan fingerprint density at radius 1 is 1.14 bits per heavy atom. The summed E-state index contributed by atoms with van der Waals surface area (Å²) in [5, 5.41) is 0. The summed E-state index contributed by atoms with van der Waals surface area (Å²) in [4.78, 5) is 2.43. The van der Waals surface area contributed by atoms with Crippen molar-refractivity contribution >= 4 is 0 Å². The van der Waals surface area contributed by atoms with Gasteiger partial charge < -0.3 is 4.74 Å². The molecule has 2 aliphatic rings. The average molecular weight is 387 g/mol. The van der Waals surface area contributed by atoms with Crippen molar-refractivity contribution in [2.45, 2.75) is 31.3 Å². The number of hydrogen-bond donors (Lipinski definition) is 2. The summed E-state index contributed by atoms with van der Waals surface area (Å²) in [5.41, 5.74) is 7.86. The molecule has 2 saturated heterocycles. The van der Waals surface area contributed by atoms with E-state index in [0.717, 1.165) is 38.2 Å². The SMILES string of the molecule is COc1cccc(CN2CCCC(C3NNCC3c3c(F)cccc3F)C2)c1. The predicted molar refractivity (Wildman–Crippen MR) is 105 cm³/mol. The number of methoxy groups -OCH3 is 1. The summed E-state index contributed by atoms with van der Waals surface area (Å²) < 4.78 is 34.0. The van der Waals surface area contributed by atoms with Crippen LogP contribution in [0, 0.1) is 17.6 Å². The lowest BCUT2D eigenvalue weighted by atomic mass is 9.80. The molecule has 0 aliphatic carbocycles. The minimum absolute atomic E-state index is 0.0134. The zero-order valence-electron chi connectivity index (χ0n) is 16.1. The first-order valence-electron chi connectivity index (χ1n) is 9.93. The first kappa shape index (κ1) is 19.3. The summed E-state index contributed by atoms with van der Waals surface area (Å²) in [5.74, 6) is 0.0817. The number of hydrazine groups is 1. The third-order valence-electron chi connectivity index (χ3n) is 5.98. The van der Waals surface area contributed by atoms with Crippen LogP contribution in [0.25, 0.3) is 0 Å². The second-order valence-electron chi connectivity index (χ2n) is 7.78. The van der Waals surface area contributed by atoms with E-state index in [0.29, 0.717) is 12.5 Å². The monoisotopic (exact) mass is 387 g/mol. The molecule has 2 aliphatic heterocycles. The zero-order chi connectivity index (χ0) is 19.5. The normalized spacial score (nSPS) is 25.8. The van der Waals surface area contributed by atoms with Crippen LogP contribution in [0.3, 0.4) is 0 Å². The second-order valence-corrected chi connectivity index (χ2v) is 7.78. The number of nitrogens with one attached hydrogen (secondary N) is 2. The molecule has 2 heterocycles. The summed E-state index contributed by atoms with van der Waals surface area (Å²) >= 11 is 0. The quantitative estimate of drug-likeness (QED) is 0.824. The Bertz CT molecular complexity index is 796. The molecular formula is C22H27F2N3O. The number of ether oxygens (including phenoxy) is 1. The number of rotatable bonds is 5. The van der Waals surface area contributed by atoms with Crippen LogP contribution < -0.4 is 15.6 Å². The van der Waals surface area contributed by atoms with Crippen molar-refractivity contribution in [3.8, 4) is 5.75 Å². The number of nitrogens with zero attached hydrogens (tertiary/aromatic N) is 1. The number of benzene rings is 2. The van der Waals surface area contributed by atoms with Crippen LogP contribution in [0.1, 0.15) is 29.9 Å². The minimum Gasteiger partial charge on any atom is -0.497 e. The minimum atomic E-state index is -0.454. The summed E-state index contributed by atoms with van der Waals surface area (Å²) in [6, 6.07) is 12.3. The largest absolute Gasteiger partial charge is 0.497 e. The van der Waals surface area contributed by atoms with Gasteiger partial charge in [-0.05, 0) is 55.1 Å². The third-order valence-corrected chi connectivity index (χ3v) is 5.98. The van der Waals surface area contributed by atoms with E-state index in [-0.39, 0.29) is 17.5 Å². The van der Waals surface area contributed by atoms with Gasteiger partial charge in [0.2, 0.25) is 0 Å². The molecule has 0 aromatic heterocycles. The van der Waals surface area contributed by atoms with Crippen LogP contribution in [-0.4, -0.2) is 37.7 Å². The van der Waals surface area contributed by atoms with Crippen LogP contribution in [0.2, 0.25) is 0 Å². The highest BCUT2D eigenvalue weighted by molar-refractivity contribution is 5.29. The lowest BCUT2D eigenvalue weighted by Gasteiger charge is -2.37. The van der Waals surface area contributed by atoms with E-state index in [9.17, 15) is 8.78 Å². The fourth-order valence-electron chi connectivity index (χ4n) is 4.66. The Labute approximate surface area is 164 Å². The van der Waals surface area contributed by atoms with Crippen molar-refractivity contribution in [1.82, 2.24) is 15.8 Å². The summed E-state index contributed by atoms with van der Waals surface area (Å²) in [7, 11) is 1.68. The fraction of sp³-hybridized carbons (Fsp3) is 0.455. The van der Waals surface area contributed by atoms with Crippen LogP contribution in [0.15, 0.2) is 42.5 Å². The lowest BCUT2D eigenvalue weighted by molar-refractivity contribution is 0.139. The second kappa shape index (κ2) is 8.55. The van der Waals surface area contributed by atoms with Crippen LogP contribution in [-0.2, 0) is 6.54 Å². The third kappa shape index (κ3) is 4.04. The lowest BCUT2D eigenvalue weighted by Crippen LogP contribution is -2.46. The van der Waals surface area contributed by atoms with Crippen molar-refractivity contribution in [1.29, 1.82) is 0 Å². The molecule has 4 nitrogen and oxygen atoms in total. The summed E-state index contributed by atoms with van der Waals surface area (Å²) in [6.07, 6.45) is 2.14. The molecule has 3 unspecified atom stereocenters. The van der Waals surface area contributed by atoms with E-state index in [1.807, 2.05) is 12.1 Å². The fourth-order valence-corrected chi connectivity index (χ4v) is 4.66. The molecule has 6 heteroatoms. The maximum Gasteiger partial charge on any atom is 0.129 e. The molecule has 2 fully saturated rings. The van der Waals surface area contributed by atoms with Gasteiger partial charge >= 0.3 is 0 Å². The molecule has 4 rings (SSSR count). The molecule has 0 spiro atoms. The van der Waals surface area contributed by atoms with Gasteiger partial charge in [-0.1, -0.05) is 18.2 Å². The molecule has 0 saturated carbocycles. The first-order chi connectivity index (χ1) is 13.7. The van der Waals surface area contributed by atoms with E-state index in [2.05, 4.69) is 27.9 Å². The molecule has 0 amide bonds. The Balaban J connectivity index is 1.47. The highest BCUT2D eigenvalue weighted by atomic mass is 19.1. The number of likely N-dealkylation sites (tertiary alicyclic amines) is 1. The molecule has 2 aromatic carbocycles. The first-order valence-corrected chi connectivity index (χ1v) is 9.93. The van der Waals surface area contributed by atoms with E-state index < -0.39 is 11.6 Å². The number of hydrogen-bond acceptors (Lipinski definition) is 4. The van der Waals surface area contributed by atoms with E-state index >= 15 is 0 Å². The molecule has 28 heavy (non-hydrogen) atoms. The zero-order valence-corrected chi connectivity index (χ0v) is 16.1. The van der Waals surface area contributed by atoms with Gasteiger partial charge in [-0.25, -0.2) is 8.78 Å². The molecule has 2 aromatic rings. The smallest absolute Gasteiger partial charge is 0.129 e. The highest BCUT2D eigenvalue weighted by Gasteiger charge is 2.39. The van der Waals surface area contributed by atoms with Gasteiger partial charge in [0.1, 0.15) is 17.4 Å². The van der Waals surface area contributed by atoms with Crippen molar-refractivity contribution < 1.29 is 13.5 Å². The van der Waals surface area contributed by atoms with Crippen molar-refractivity contribution in [3.63, 3.8) is 0 Å². The van der Waals surface area contributed by atoms with E-state index in [4.69, 9.17) is 4.74 Å². The van der Waals surface area contributed by atoms with E-state index in [1.54, 1.807) is 7.11 Å². The predicted octanol–water partition coefficient (Wildman–Crippen LogP) is 3.45. The van der Waals surface area contributed by atoms with Gasteiger partial charge in [-0.15, -0.1) is 0 Å².